The first-order valence-electron chi connectivity index (χ1n) is 10.5. The molecule has 2 heterocycles. The van der Waals surface area contributed by atoms with Gasteiger partial charge in [0.2, 0.25) is 11.8 Å². The van der Waals surface area contributed by atoms with Gasteiger partial charge in [0.15, 0.2) is 5.78 Å². The molecule has 2 saturated heterocycles. The molecular formula is C26H36N2O4S2. The number of amides is 2. The van der Waals surface area contributed by atoms with Crippen LogP contribution in [0.15, 0.2) is 60.7 Å². The van der Waals surface area contributed by atoms with Crippen molar-refractivity contribution in [3.8, 4) is 0 Å². The van der Waals surface area contributed by atoms with Crippen molar-refractivity contribution in [2.24, 2.45) is 0 Å². The Kier molecular flexibility index (Phi) is 12.4. The van der Waals surface area contributed by atoms with Gasteiger partial charge in [0.05, 0.1) is 12.5 Å². The molecule has 186 valence electrons. The second-order valence-corrected chi connectivity index (χ2v) is 8.89. The van der Waals surface area contributed by atoms with Crippen LogP contribution in [-0.4, -0.2) is 59.6 Å². The lowest BCUT2D eigenvalue weighted by atomic mass is 10.1. The minimum atomic E-state index is -0.683. The van der Waals surface area contributed by atoms with Crippen LogP contribution in [0.2, 0.25) is 0 Å². The second-order valence-electron chi connectivity index (χ2n) is 7.86. The van der Waals surface area contributed by atoms with Crippen molar-refractivity contribution in [1.29, 1.82) is 0 Å². The molecule has 2 aromatic carbocycles. The zero-order valence-electron chi connectivity index (χ0n) is 17.7. The molecule has 0 aliphatic carbocycles. The van der Waals surface area contributed by atoms with E-state index in [1.165, 1.54) is 0 Å². The van der Waals surface area contributed by atoms with Crippen LogP contribution in [-0.2, 0) is 31.3 Å². The monoisotopic (exact) mass is 504 g/mol. The number of likely N-dealkylation sites (tertiary alicyclic amines) is 1. The number of ketones is 1. The molecule has 2 fully saturated rings. The van der Waals surface area contributed by atoms with Crippen LogP contribution in [0.3, 0.4) is 0 Å². The van der Waals surface area contributed by atoms with Gasteiger partial charge in [-0.3, -0.25) is 14.4 Å². The predicted octanol–water partition coefficient (Wildman–Crippen LogP) is 3.60. The molecule has 6 nitrogen and oxygen atoms in total. The summed E-state index contributed by atoms with van der Waals surface area (Å²) < 4.78 is 5.51. The highest BCUT2D eigenvalue weighted by Gasteiger charge is 2.47. The van der Waals surface area contributed by atoms with E-state index in [0.717, 1.165) is 16.9 Å². The second kappa shape index (κ2) is 14.2. The smallest absolute Gasteiger partial charge is 0.246 e. The van der Waals surface area contributed by atoms with Gasteiger partial charge >= 0.3 is 0 Å². The molecule has 3 atom stereocenters. The SMILES string of the molecule is C.C.O=C(Cc1ccccc1)N[C@@H](CSCc1ccccc1)C(=O)N1CC[C@H]2OCC(=O)[C@H]21.S. The third-order valence-electron chi connectivity index (χ3n) is 5.63. The molecule has 2 amide bonds. The van der Waals surface area contributed by atoms with E-state index in [-0.39, 0.29) is 65.1 Å². The van der Waals surface area contributed by atoms with Crippen molar-refractivity contribution < 1.29 is 19.1 Å². The molecular weight excluding hydrogens is 468 g/mol. The average molecular weight is 505 g/mol. The molecule has 34 heavy (non-hydrogen) atoms. The summed E-state index contributed by atoms with van der Waals surface area (Å²) in [5.41, 5.74) is 2.05. The molecule has 2 aliphatic heterocycles. The Balaban J connectivity index is 0.00000193. The summed E-state index contributed by atoms with van der Waals surface area (Å²) in [7, 11) is 0. The van der Waals surface area contributed by atoms with E-state index >= 15 is 0 Å². The summed E-state index contributed by atoms with van der Waals surface area (Å²) in [4.78, 5) is 39.9. The van der Waals surface area contributed by atoms with Crippen molar-refractivity contribution in [3.63, 3.8) is 0 Å². The van der Waals surface area contributed by atoms with E-state index in [9.17, 15) is 14.4 Å². The highest BCUT2D eigenvalue weighted by molar-refractivity contribution is 7.98. The summed E-state index contributed by atoms with van der Waals surface area (Å²) in [6.07, 6.45) is 0.653. The van der Waals surface area contributed by atoms with Gasteiger partial charge in [-0.05, 0) is 17.5 Å². The molecule has 4 rings (SSSR count). The third-order valence-corrected chi connectivity index (χ3v) is 6.74. The van der Waals surface area contributed by atoms with E-state index in [4.69, 9.17) is 4.74 Å². The zero-order chi connectivity index (χ0) is 21.6. The van der Waals surface area contributed by atoms with Crippen molar-refractivity contribution in [3.05, 3.63) is 71.8 Å². The van der Waals surface area contributed by atoms with Crippen molar-refractivity contribution in [2.45, 2.75) is 51.6 Å². The molecule has 8 heteroatoms. The number of hydrogen-bond donors (Lipinski definition) is 1. The lowest BCUT2D eigenvalue weighted by molar-refractivity contribution is -0.139. The first-order valence-corrected chi connectivity index (χ1v) is 11.7. The summed E-state index contributed by atoms with van der Waals surface area (Å²) in [6, 6.07) is 18.3. The summed E-state index contributed by atoms with van der Waals surface area (Å²) in [5, 5.41) is 2.92. The number of Topliss-reactive ketones (excluding diaryl/α,β-unsaturated/α-hetero) is 1. The van der Waals surface area contributed by atoms with Gasteiger partial charge in [-0.15, -0.1) is 0 Å². The Morgan fingerprint density at radius 3 is 2.29 bits per heavy atom. The lowest BCUT2D eigenvalue weighted by Gasteiger charge is -2.27. The van der Waals surface area contributed by atoms with E-state index in [0.29, 0.717) is 18.7 Å². The van der Waals surface area contributed by atoms with Crippen LogP contribution < -0.4 is 5.32 Å². The minimum Gasteiger partial charge on any atom is -0.368 e. The molecule has 2 aromatic rings. The number of fused-ring (bicyclic) bond motifs is 1. The van der Waals surface area contributed by atoms with E-state index in [1.807, 2.05) is 60.7 Å². The molecule has 0 aromatic heterocycles. The van der Waals surface area contributed by atoms with Crippen molar-refractivity contribution in [1.82, 2.24) is 10.2 Å². The summed E-state index contributed by atoms with van der Waals surface area (Å²) in [6.45, 7) is 0.543. The largest absolute Gasteiger partial charge is 0.368 e. The van der Waals surface area contributed by atoms with Crippen LogP contribution in [0.25, 0.3) is 0 Å². The Morgan fingerprint density at radius 1 is 1.03 bits per heavy atom. The van der Waals surface area contributed by atoms with Gasteiger partial charge in [-0.25, -0.2) is 0 Å². The number of hydrogen-bond acceptors (Lipinski definition) is 5. The van der Waals surface area contributed by atoms with Crippen LogP contribution in [0.4, 0.5) is 0 Å². The number of nitrogens with one attached hydrogen (secondary N) is 1. The Hall–Kier alpha value is -2.29. The maximum absolute atomic E-state index is 13.4. The fourth-order valence-electron chi connectivity index (χ4n) is 4.11. The zero-order valence-corrected chi connectivity index (χ0v) is 19.6. The summed E-state index contributed by atoms with van der Waals surface area (Å²) in [5.74, 6) is 0.731. The quantitative estimate of drug-likeness (QED) is 0.595. The highest BCUT2D eigenvalue weighted by atomic mass is 32.2. The topological polar surface area (TPSA) is 75.7 Å². The number of nitrogens with zero attached hydrogens (tertiary/aromatic N) is 1. The van der Waals surface area contributed by atoms with Gasteiger partial charge in [0.1, 0.15) is 18.7 Å². The first kappa shape index (κ1) is 29.7. The van der Waals surface area contributed by atoms with E-state index in [1.54, 1.807) is 16.7 Å². The molecule has 2 aliphatic rings. The minimum absolute atomic E-state index is 0. The summed E-state index contributed by atoms with van der Waals surface area (Å²) >= 11 is 1.60. The Bertz CT molecular complexity index is 927. The van der Waals surface area contributed by atoms with Crippen molar-refractivity contribution >= 4 is 42.9 Å². The normalized spacial score (nSPS) is 19.2. The molecule has 0 spiro atoms. The third kappa shape index (κ3) is 7.35. The number of carbonyl (C=O) groups is 3. The molecule has 1 N–H and O–H groups in total. The maximum Gasteiger partial charge on any atom is 0.246 e. The molecule has 0 radical (unpaired) electrons. The molecule has 0 saturated carbocycles. The van der Waals surface area contributed by atoms with E-state index < -0.39 is 12.1 Å². The fraction of sp³-hybridized carbons (Fsp3) is 0.423. The predicted molar refractivity (Wildman–Crippen MR) is 143 cm³/mol. The van der Waals surface area contributed by atoms with Gasteiger partial charge < -0.3 is 15.0 Å². The highest BCUT2D eigenvalue weighted by Crippen LogP contribution is 2.28. The number of carbonyl (C=O) groups excluding carboxylic acids is 3. The molecule has 0 bridgehead atoms. The van der Waals surface area contributed by atoms with Crippen LogP contribution >= 0.6 is 25.3 Å². The average Bonchev–Trinajstić information content (AvgIpc) is 3.37. The fourth-order valence-corrected chi connectivity index (χ4v) is 5.12. The van der Waals surface area contributed by atoms with Gasteiger partial charge in [0, 0.05) is 18.1 Å². The van der Waals surface area contributed by atoms with Gasteiger partial charge in [0.25, 0.3) is 0 Å². The maximum atomic E-state index is 13.4. The number of thioether (sulfide) groups is 1. The standard InChI is InChI=1S/C24H26N2O4S.2CH4.H2S/c27-20-14-30-21-11-12-26(23(20)21)24(29)19(16-31-15-18-9-5-2-6-10-18)25-22(28)13-17-7-3-1-4-8-17;;;/h1-10,19,21,23H,11-16H2,(H,25,28);2*1H4;1H2/t19-,21+,23+;;;/m0.../s1. The van der Waals surface area contributed by atoms with Crippen molar-refractivity contribution in [2.75, 3.05) is 18.9 Å². The molecule has 0 unspecified atom stereocenters. The number of rotatable bonds is 8. The van der Waals surface area contributed by atoms with Crippen LogP contribution in [0.5, 0.6) is 0 Å². The van der Waals surface area contributed by atoms with Gasteiger partial charge in [-0.1, -0.05) is 75.5 Å². The Morgan fingerprint density at radius 2 is 1.65 bits per heavy atom. The van der Waals surface area contributed by atoms with Crippen LogP contribution in [0.1, 0.15) is 32.4 Å². The van der Waals surface area contributed by atoms with E-state index in [2.05, 4.69) is 5.32 Å². The first-order chi connectivity index (χ1) is 15.1. The lowest BCUT2D eigenvalue weighted by Crippen LogP contribution is -2.53. The number of ether oxygens (including phenoxy) is 1. The van der Waals surface area contributed by atoms with Crippen LogP contribution in [0, 0.1) is 0 Å². The van der Waals surface area contributed by atoms with Gasteiger partial charge in [-0.2, -0.15) is 25.3 Å². The Labute approximate surface area is 214 Å². The number of benzene rings is 2.